The molecule has 5 nitrogen and oxygen atoms in total. The van der Waals surface area contributed by atoms with Crippen molar-refractivity contribution in [3.8, 4) is 11.4 Å². The Labute approximate surface area is 176 Å². The van der Waals surface area contributed by atoms with Crippen LogP contribution in [0, 0.1) is 6.92 Å². The number of aromatic nitrogens is 3. The molecule has 0 aliphatic heterocycles. The Morgan fingerprint density at radius 1 is 1.21 bits per heavy atom. The number of rotatable bonds is 8. The molecule has 0 bridgehead atoms. The van der Waals surface area contributed by atoms with E-state index >= 15 is 0 Å². The minimum Gasteiger partial charge on any atom is -0.312 e. The molecule has 0 spiro atoms. The van der Waals surface area contributed by atoms with Gasteiger partial charge in [0.15, 0.2) is 11.0 Å². The molecule has 0 N–H and O–H groups in total. The van der Waals surface area contributed by atoms with Gasteiger partial charge in [-0.05, 0) is 39.0 Å². The third-order valence-electron chi connectivity index (χ3n) is 4.58. The van der Waals surface area contributed by atoms with E-state index in [1.807, 2.05) is 67.0 Å². The van der Waals surface area contributed by atoms with Gasteiger partial charge in [-0.2, -0.15) is 0 Å². The maximum Gasteiger partial charge on any atom is 0.240 e. The highest BCUT2D eigenvalue weighted by Gasteiger charge is 2.24. The fourth-order valence-electron chi connectivity index (χ4n) is 3.17. The summed E-state index contributed by atoms with van der Waals surface area (Å²) in [6.45, 7) is 11.0. The number of carbonyl (C=O) groups excluding carboxylic acids is 1. The van der Waals surface area contributed by atoms with E-state index in [0.29, 0.717) is 18.2 Å². The summed E-state index contributed by atoms with van der Waals surface area (Å²) >= 11 is 1.43. The molecule has 1 amide bonds. The minimum atomic E-state index is -0.298. The summed E-state index contributed by atoms with van der Waals surface area (Å²) in [5.41, 5.74) is 3.07. The molecule has 0 saturated heterocycles. The van der Waals surface area contributed by atoms with Gasteiger partial charge in [0.1, 0.15) is 0 Å². The molecule has 0 aliphatic rings. The molecule has 1 aromatic heterocycles. The summed E-state index contributed by atoms with van der Waals surface area (Å²) < 4.78 is 2.01. The molecule has 3 rings (SSSR count). The van der Waals surface area contributed by atoms with Crippen molar-refractivity contribution in [1.29, 1.82) is 0 Å². The Morgan fingerprint density at radius 2 is 1.97 bits per heavy atom. The summed E-state index contributed by atoms with van der Waals surface area (Å²) in [4.78, 5) is 14.9. The van der Waals surface area contributed by atoms with Crippen molar-refractivity contribution < 1.29 is 4.79 Å². The maximum atomic E-state index is 13.1. The average Bonchev–Trinajstić information content (AvgIpc) is 3.12. The van der Waals surface area contributed by atoms with Crippen LogP contribution in [-0.2, 0) is 11.3 Å². The highest BCUT2D eigenvalue weighted by molar-refractivity contribution is 8.00. The zero-order valence-electron chi connectivity index (χ0n) is 17.1. The standard InChI is InChI=1S/C23H26N4OS/c1-5-15-27-21(19-12-10-11-17(3)16-19)24-25-23(27)29-18(4)22(28)26(6-2)20-13-8-7-9-14-20/h5,7-14,16,18H,1,6,15H2,2-4H3. The van der Waals surface area contributed by atoms with E-state index in [1.54, 1.807) is 4.90 Å². The molecule has 2 aromatic carbocycles. The molecule has 6 heteroatoms. The van der Waals surface area contributed by atoms with Crippen molar-refractivity contribution in [2.75, 3.05) is 11.4 Å². The topological polar surface area (TPSA) is 51.0 Å². The second kappa shape index (κ2) is 9.56. The van der Waals surface area contributed by atoms with E-state index in [9.17, 15) is 4.79 Å². The average molecular weight is 407 g/mol. The first-order chi connectivity index (χ1) is 14.0. The lowest BCUT2D eigenvalue weighted by Gasteiger charge is -2.24. The monoisotopic (exact) mass is 406 g/mol. The number of carbonyl (C=O) groups is 1. The largest absolute Gasteiger partial charge is 0.312 e. The first-order valence-corrected chi connectivity index (χ1v) is 10.6. The molecule has 1 heterocycles. The van der Waals surface area contributed by atoms with Crippen molar-refractivity contribution in [1.82, 2.24) is 14.8 Å². The summed E-state index contributed by atoms with van der Waals surface area (Å²) in [5, 5.41) is 9.20. The van der Waals surface area contributed by atoms with Crippen LogP contribution in [0.15, 0.2) is 72.4 Å². The molecule has 0 fully saturated rings. The van der Waals surface area contributed by atoms with Gasteiger partial charge in [0, 0.05) is 24.3 Å². The van der Waals surface area contributed by atoms with Crippen LogP contribution in [0.3, 0.4) is 0 Å². The summed E-state index contributed by atoms with van der Waals surface area (Å²) in [7, 11) is 0. The van der Waals surface area contributed by atoms with E-state index in [1.165, 1.54) is 11.8 Å². The predicted molar refractivity (Wildman–Crippen MR) is 120 cm³/mol. The fourth-order valence-corrected chi connectivity index (χ4v) is 4.09. The molecule has 150 valence electrons. The van der Waals surface area contributed by atoms with Crippen LogP contribution < -0.4 is 4.90 Å². The summed E-state index contributed by atoms with van der Waals surface area (Å²) in [6, 6.07) is 17.9. The maximum absolute atomic E-state index is 13.1. The van der Waals surface area contributed by atoms with Gasteiger partial charge in [-0.25, -0.2) is 0 Å². The fraction of sp³-hybridized carbons (Fsp3) is 0.261. The Balaban J connectivity index is 1.85. The lowest BCUT2D eigenvalue weighted by molar-refractivity contribution is -0.117. The van der Waals surface area contributed by atoms with Gasteiger partial charge >= 0.3 is 0 Å². The number of allylic oxidation sites excluding steroid dienone is 1. The van der Waals surface area contributed by atoms with Gasteiger partial charge in [-0.3, -0.25) is 9.36 Å². The van der Waals surface area contributed by atoms with E-state index in [2.05, 4.69) is 35.8 Å². The minimum absolute atomic E-state index is 0.0500. The summed E-state index contributed by atoms with van der Waals surface area (Å²) in [5.74, 6) is 0.833. The van der Waals surface area contributed by atoms with Crippen molar-refractivity contribution in [3.63, 3.8) is 0 Å². The Bertz CT molecular complexity index is 984. The number of benzene rings is 2. The molecule has 1 unspecified atom stereocenters. The number of hydrogen-bond donors (Lipinski definition) is 0. The molecular formula is C23H26N4OS. The number of amides is 1. The van der Waals surface area contributed by atoms with Gasteiger partial charge in [0.25, 0.3) is 0 Å². The van der Waals surface area contributed by atoms with Crippen molar-refractivity contribution in [2.45, 2.75) is 37.7 Å². The number of nitrogens with zero attached hydrogens (tertiary/aromatic N) is 4. The highest BCUT2D eigenvalue weighted by atomic mass is 32.2. The van der Waals surface area contributed by atoms with Gasteiger partial charge in [-0.15, -0.1) is 16.8 Å². The predicted octanol–water partition coefficient (Wildman–Crippen LogP) is 4.97. The number of aryl methyl sites for hydroxylation is 1. The van der Waals surface area contributed by atoms with Gasteiger partial charge < -0.3 is 4.90 Å². The van der Waals surface area contributed by atoms with Crippen molar-refractivity contribution in [2.24, 2.45) is 0 Å². The van der Waals surface area contributed by atoms with Crippen LogP contribution in [0.1, 0.15) is 19.4 Å². The Kier molecular flexibility index (Phi) is 6.88. The summed E-state index contributed by atoms with van der Waals surface area (Å²) in [6.07, 6.45) is 1.82. The number of thioether (sulfide) groups is 1. The lowest BCUT2D eigenvalue weighted by atomic mass is 10.1. The number of para-hydroxylation sites is 1. The van der Waals surface area contributed by atoms with Gasteiger partial charge in [-0.1, -0.05) is 59.8 Å². The first-order valence-electron chi connectivity index (χ1n) is 9.69. The van der Waals surface area contributed by atoms with E-state index < -0.39 is 0 Å². The van der Waals surface area contributed by atoms with Crippen LogP contribution in [0.5, 0.6) is 0 Å². The normalized spacial score (nSPS) is 11.8. The van der Waals surface area contributed by atoms with Crippen LogP contribution in [-0.4, -0.2) is 32.5 Å². The van der Waals surface area contributed by atoms with Crippen LogP contribution in [0.2, 0.25) is 0 Å². The molecule has 0 aliphatic carbocycles. The first kappa shape index (κ1) is 20.9. The lowest BCUT2D eigenvalue weighted by Crippen LogP contribution is -2.36. The number of anilines is 1. The second-order valence-electron chi connectivity index (χ2n) is 6.75. The van der Waals surface area contributed by atoms with Crippen molar-refractivity contribution >= 4 is 23.4 Å². The third kappa shape index (κ3) is 4.77. The molecule has 3 aromatic rings. The van der Waals surface area contributed by atoms with E-state index in [-0.39, 0.29) is 11.2 Å². The molecule has 29 heavy (non-hydrogen) atoms. The zero-order chi connectivity index (χ0) is 20.8. The number of hydrogen-bond acceptors (Lipinski definition) is 4. The molecule has 0 radical (unpaired) electrons. The van der Waals surface area contributed by atoms with Crippen LogP contribution >= 0.6 is 11.8 Å². The zero-order valence-corrected chi connectivity index (χ0v) is 17.9. The Morgan fingerprint density at radius 3 is 2.62 bits per heavy atom. The second-order valence-corrected chi connectivity index (χ2v) is 8.06. The molecule has 0 saturated carbocycles. The Hall–Kier alpha value is -2.86. The van der Waals surface area contributed by atoms with Crippen molar-refractivity contribution in [3.05, 3.63) is 72.8 Å². The van der Waals surface area contributed by atoms with E-state index in [4.69, 9.17) is 0 Å². The molecular weight excluding hydrogens is 380 g/mol. The smallest absolute Gasteiger partial charge is 0.240 e. The van der Waals surface area contributed by atoms with Crippen LogP contribution in [0.4, 0.5) is 5.69 Å². The van der Waals surface area contributed by atoms with Crippen LogP contribution in [0.25, 0.3) is 11.4 Å². The SMILES string of the molecule is C=CCn1c(SC(C)C(=O)N(CC)c2ccccc2)nnc1-c1cccc(C)c1. The quantitative estimate of drug-likeness (QED) is 0.391. The third-order valence-corrected chi connectivity index (χ3v) is 5.65. The highest BCUT2D eigenvalue weighted by Crippen LogP contribution is 2.29. The van der Waals surface area contributed by atoms with Gasteiger partial charge in [0.2, 0.25) is 5.91 Å². The molecule has 1 atom stereocenters. The van der Waals surface area contributed by atoms with E-state index in [0.717, 1.165) is 22.6 Å². The van der Waals surface area contributed by atoms with Gasteiger partial charge in [0.05, 0.1) is 5.25 Å².